The Kier molecular flexibility index (Phi) is 4.55. The molecule has 0 aromatic carbocycles. The van der Waals surface area contributed by atoms with E-state index in [4.69, 9.17) is 15.0 Å². The molecule has 0 saturated carbocycles. The van der Waals surface area contributed by atoms with E-state index in [1.165, 1.54) is 0 Å². The van der Waals surface area contributed by atoms with Gasteiger partial charge in [0, 0.05) is 32.6 Å². The highest BCUT2D eigenvalue weighted by Crippen LogP contribution is 2.02. The van der Waals surface area contributed by atoms with E-state index in [1.807, 2.05) is 6.92 Å². The molecule has 0 amide bonds. The van der Waals surface area contributed by atoms with Crippen LogP contribution >= 0.6 is 0 Å². The second-order valence-corrected chi connectivity index (χ2v) is 3.38. The first-order valence-corrected chi connectivity index (χ1v) is 4.78. The Balaban J connectivity index is 2.35. The van der Waals surface area contributed by atoms with Crippen LogP contribution in [0.4, 0.5) is 0 Å². The van der Waals surface area contributed by atoms with E-state index in [9.17, 15) is 0 Å². The van der Waals surface area contributed by atoms with Gasteiger partial charge in [-0.2, -0.15) is 4.98 Å². The molecule has 1 heterocycles. The Morgan fingerprint density at radius 3 is 3.00 bits per heavy atom. The molecule has 0 bridgehead atoms. The molecule has 1 unspecified atom stereocenters. The van der Waals surface area contributed by atoms with Crippen molar-refractivity contribution in [3.8, 4) is 0 Å². The number of hydrogen-bond donors (Lipinski definition) is 1. The molecule has 14 heavy (non-hydrogen) atoms. The van der Waals surface area contributed by atoms with Gasteiger partial charge in [0.25, 0.3) is 0 Å². The van der Waals surface area contributed by atoms with Crippen LogP contribution in [0, 0.1) is 0 Å². The van der Waals surface area contributed by atoms with Crippen molar-refractivity contribution in [2.24, 2.45) is 5.73 Å². The topological polar surface area (TPSA) is 74.2 Å². The highest BCUT2D eigenvalue weighted by molar-refractivity contribution is 4.88. The first kappa shape index (κ1) is 11.1. The molecule has 0 aliphatic heterocycles. The third kappa shape index (κ3) is 3.85. The molecule has 1 aromatic heterocycles. The standard InChI is InChI=1S/C9H17N3O2/c1-7(10)6-8-11-9(14-12-8)4-3-5-13-2/h7H,3-6,10H2,1-2H3. The highest BCUT2D eigenvalue weighted by atomic mass is 16.5. The maximum atomic E-state index is 5.61. The molecule has 1 atom stereocenters. The number of aromatic nitrogens is 2. The van der Waals surface area contributed by atoms with Crippen molar-refractivity contribution in [2.45, 2.75) is 32.2 Å². The van der Waals surface area contributed by atoms with Crippen molar-refractivity contribution in [1.82, 2.24) is 10.1 Å². The van der Waals surface area contributed by atoms with Gasteiger partial charge >= 0.3 is 0 Å². The van der Waals surface area contributed by atoms with Gasteiger partial charge in [0.1, 0.15) is 0 Å². The van der Waals surface area contributed by atoms with Crippen molar-refractivity contribution in [1.29, 1.82) is 0 Å². The minimum atomic E-state index is 0.0689. The Bertz CT molecular complexity index is 260. The number of ether oxygens (including phenoxy) is 1. The van der Waals surface area contributed by atoms with E-state index in [1.54, 1.807) is 7.11 Å². The lowest BCUT2D eigenvalue weighted by Gasteiger charge is -1.96. The fraction of sp³-hybridized carbons (Fsp3) is 0.778. The first-order valence-electron chi connectivity index (χ1n) is 4.78. The second kappa shape index (κ2) is 5.72. The summed E-state index contributed by atoms with van der Waals surface area (Å²) >= 11 is 0. The molecule has 5 heteroatoms. The van der Waals surface area contributed by atoms with E-state index in [0.29, 0.717) is 24.7 Å². The normalized spacial score (nSPS) is 13.1. The van der Waals surface area contributed by atoms with Crippen LogP contribution in [-0.4, -0.2) is 29.9 Å². The second-order valence-electron chi connectivity index (χ2n) is 3.38. The number of nitrogens with two attached hydrogens (primary N) is 1. The lowest BCUT2D eigenvalue weighted by atomic mass is 10.2. The zero-order chi connectivity index (χ0) is 10.4. The maximum absolute atomic E-state index is 5.61. The van der Waals surface area contributed by atoms with Crippen molar-refractivity contribution in [3.63, 3.8) is 0 Å². The molecular weight excluding hydrogens is 182 g/mol. The fourth-order valence-electron chi connectivity index (χ4n) is 1.13. The molecule has 0 fully saturated rings. The summed E-state index contributed by atoms with van der Waals surface area (Å²) in [6.07, 6.45) is 2.32. The first-order chi connectivity index (χ1) is 6.72. The summed E-state index contributed by atoms with van der Waals surface area (Å²) in [5.41, 5.74) is 5.61. The average Bonchev–Trinajstić information content (AvgIpc) is 2.52. The van der Waals surface area contributed by atoms with Crippen LogP contribution in [0.25, 0.3) is 0 Å². The molecule has 0 aliphatic rings. The van der Waals surface area contributed by atoms with Crippen LogP contribution in [0.1, 0.15) is 25.1 Å². The van der Waals surface area contributed by atoms with Crippen molar-refractivity contribution < 1.29 is 9.26 Å². The van der Waals surface area contributed by atoms with Gasteiger partial charge in [0.15, 0.2) is 5.82 Å². The van der Waals surface area contributed by atoms with Gasteiger partial charge in [0.2, 0.25) is 5.89 Å². The number of rotatable bonds is 6. The minimum Gasteiger partial charge on any atom is -0.385 e. The van der Waals surface area contributed by atoms with E-state index >= 15 is 0 Å². The molecule has 1 rings (SSSR count). The smallest absolute Gasteiger partial charge is 0.226 e. The third-order valence-electron chi connectivity index (χ3n) is 1.75. The molecule has 0 spiro atoms. The maximum Gasteiger partial charge on any atom is 0.226 e. The van der Waals surface area contributed by atoms with Crippen LogP contribution in [-0.2, 0) is 17.6 Å². The van der Waals surface area contributed by atoms with Crippen molar-refractivity contribution in [2.75, 3.05) is 13.7 Å². The summed E-state index contributed by atoms with van der Waals surface area (Å²) < 4.78 is 9.96. The van der Waals surface area contributed by atoms with Gasteiger partial charge in [-0.25, -0.2) is 0 Å². The van der Waals surface area contributed by atoms with Crippen molar-refractivity contribution in [3.05, 3.63) is 11.7 Å². The quantitative estimate of drug-likeness (QED) is 0.677. The van der Waals surface area contributed by atoms with Crippen LogP contribution in [0.2, 0.25) is 0 Å². The Morgan fingerprint density at radius 2 is 2.36 bits per heavy atom. The summed E-state index contributed by atoms with van der Waals surface area (Å²) in [4.78, 5) is 4.21. The predicted molar refractivity (Wildman–Crippen MR) is 51.8 cm³/mol. The van der Waals surface area contributed by atoms with Crippen LogP contribution in [0.5, 0.6) is 0 Å². The number of nitrogens with zero attached hydrogens (tertiary/aromatic N) is 2. The van der Waals surface area contributed by atoms with Gasteiger partial charge in [-0.15, -0.1) is 0 Å². The van der Waals surface area contributed by atoms with E-state index < -0.39 is 0 Å². The molecule has 5 nitrogen and oxygen atoms in total. The monoisotopic (exact) mass is 199 g/mol. The SMILES string of the molecule is COCCCc1nc(CC(C)N)no1. The predicted octanol–water partition coefficient (Wildman–Crippen LogP) is 0.538. The third-order valence-corrected chi connectivity index (χ3v) is 1.75. The highest BCUT2D eigenvalue weighted by Gasteiger charge is 2.07. The average molecular weight is 199 g/mol. The van der Waals surface area contributed by atoms with Gasteiger partial charge in [0.05, 0.1) is 0 Å². The Hall–Kier alpha value is -0.940. The van der Waals surface area contributed by atoms with E-state index in [2.05, 4.69) is 10.1 Å². The Labute approximate surface area is 83.6 Å². The summed E-state index contributed by atoms with van der Waals surface area (Å²) in [5, 5.41) is 3.83. The van der Waals surface area contributed by atoms with Gasteiger partial charge in [-0.05, 0) is 13.3 Å². The summed E-state index contributed by atoms with van der Waals surface area (Å²) in [7, 11) is 1.68. The van der Waals surface area contributed by atoms with Gasteiger partial charge in [-0.3, -0.25) is 0 Å². The van der Waals surface area contributed by atoms with Crippen molar-refractivity contribution >= 4 is 0 Å². The summed E-state index contributed by atoms with van der Waals surface area (Å²) in [5.74, 6) is 1.35. The molecule has 0 aliphatic carbocycles. The Morgan fingerprint density at radius 1 is 1.57 bits per heavy atom. The van der Waals surface area contributed by atoms with E-state index in [-0.39, 0.29) is 6.04 Å². The lowest BCUT2D eigenvalue weighted by Crippen LogP contribution is -2.18. The molecule has 2 N–H and O–H groups in total. The number of hydrogen-bond acceptors (Lipinski definition) is 5. The van der Waals surface area contributed by atoms with Crippen LogP contribution in [0.3, 0.4) is 0 Å². The zero-order valence-corrected chi connectivity index (χ0v) is 8.69. The minimum absolute atomic E-state index is 0.0689. The van der Waals surface area contributed by atoms with Gasteiger partial charge in [-0.1, -0.05) is 5.16 Å². The number of aryl methyl sites for hydroxylation is 1. The zero-order valence-electron chi connectivity index (χ0n) is 8.69. The van der Waals surface area contributed by atoms with E-state index in [0.717, 1.165) is 12.8 Å². The summed E-state index contributed by atoms with van der Waals surface area (Å²) in [6.45, 7) is 2.63. The number of methoxy groups -OCH3 is 1. The molecule has 80 valence electrons. The lowest BCUT2D eigenvalue weighted by molar-refractivity contribution is 0.192. The van der Waals surface area contributed by atoms with Crippen LogP contribution in [0.15, 0.2) is 4.52 Å². The van der Waals surface area contributed by atoms with Crippen LogP contribution < -0.4 is 5.73 Å². The van der Waals surface area contributed by atoms with Gasteiger partial charge < -0.3 is 15.0 Å². The summed E-state index contributed by atoms with van der Waals surface area (Å²) in [6, 6.07) is 0.0689. The fourth-order valence-corrected chi connectivity index (χ4v) is 1.13. The largest absolute Gasteiger partial charge is 0.385 e. The molecule has 1 aromatic rings. The molecular formula is C9H17N3O2. The molecule has 0 radical (unpaired) electrons. The molecule has 0 saturated heterocycles.